The molecule has 0 rings (SSSR count). The summed E-state index contributed by atoms with van der Waals surface area (Å²) in [6, 6.07) is 0. The Balaban J connectivity index is 3.28. The van der Waals surface area contributed by atoms with Gasteiger partial charge >= 0.3 is 0 Å². The van der Waals surface area contributed by atoms with Crippen molar-refractivity contribution in [2.75, 3.05) is 7.05 Å². The fraction of sp³-hybridized carbons (Fsp3) is 0.643. The maximum absolute atomic E-state index is 10.8. The third-order valence-corrected chi connectivity index (χ3v) is 2.47. The lowest BCUT2D eigenvalue weighted by Crippen LogP contribution is -2.13. The van der Waals surface area contributed by atoms with Crippen LogP contribution in [0.4, 0.5) is 0 Å². The molecular weight excluding hydrogens is 198 g/mol. The minimum Gasteiger partial charge on any atom is -0.356 e. The molecule has 0 fully saturated rings. The fourth-order valence-corrected chi connectivity index (χ4v) is 1.44. The molecule has 0 aliphatic rings. The van der Waals surface area contributed by atoms with Gasteiger partial charge in [0.1, 0.15) is 0 Å². The van der Waals surface area contributed by atoms with Crippen LogP contribution in [0.1, 0.15) is 51.9 Å². The second-order valence-electron chi connectivity index (χ2n) is 3.96. The smallest absolute Gasteiger partial charge is 0.243 e. The number of likely N-dealkylation sites (N-methyl/N-ethyl adjacent to an activating group) is 1. The number of nitrogens with one attached hydrogen (secondary N) is 1. The Morgan fingerprint density at radius 1 is 1.06 bits per heavy atom. The van der Waals surface area contributed by atoms with E-state index < -0.39 is 0 Å². The molecule has 1 amide bonds. The lowest BCUT2D eigenvalue weighted by atomic mass is 10.1. The topological polar surface area (TPSA) is 29.1 Å². The van der Waals surface area contributed by atoms with E-state index in [4.69, 9.17) is 0 Å². The van der Waals surface area contributed by atoms with Gasteiger partial charge in [-0.25, -0.2) is 0 Å². The van der Waals surface area contributed by atoms with Crippen LogP contribution in [0.25, 0.3) is 0 Å². The zero-order valence-electron chi connectivity index (χ0n) is 10.7. The van der Waals surface area contributed by atoms with Crippen LogP contribution in [-0.2, 0) is 4.79 Å². The van der Waals surface area contributed by atoms with Crippen molar-refractivity contribution in [3.05, 3.63) is 24.3 Å². The summed E-state index contributed by atoms with van der Waals surface area (Å²) in [6.45, 7) is 2.24. The first-order chi connectivity index (χ1) is 7.81. The highest BCUT2D eigenvalue weighted by molar-refractivity contribution is 5.87. The van der Waals surface area contributed by atoms with E-state index in [0.717, 1.165) is 6.42 Å². The van der Waals surface area contributed by atoms with E-state index in [9.17, 15) is 4.79 Å². The van der Waals surface area contributed by atoms with Crippen molar-refractivity contribution in [3.63, 3.8) is 0 Å². The van der Waals surface area contributed by atoms with Gasteiger partial charge in [0.25, 0.3) is 0 Å². The number of carbonyl (C=O) groups excluding carboxylic acids is 1. The highest BCUT2D eigenvalue weighted by Gasteiger charge is 1.87. The molecule has 0 saturated heterocycles. The molecule has 0 aromatic rings. The molecule has 0 aliphatic carbocycles. The predicted octanol–water partition coefficient (Wildman–Crippen LogP) is 3.60. The summed E-state index contributed by atoms with van der Waals surface area (Å²) >= 11 is 0. The molecule has 0 unspecified atom stereocenters. The summed E-state index contributed by atoms with van der Waals surface area (Å²) in [5.41, 5.74) is 0. The number of rotatable bonds is 9. The first kappa shape index (κ1) is 14.9. The van der Waals surface area contributed by atoms with Gasteiger partial charge in [-0.15, -0.1) is 0 Å². The van der Waals surface area contributed by atoms with Crippen LogP contribution in [0.2, 0.25) is 0 Å². The van der Waals surface area contributed by atoms with Crippen molar-refractivity contribution in [1.29, 1.82) is 0 Å². The molecule has 0 aliphatic heterocycles. The van der Waals surface area contributed by atoms with Gasteiger partial charge in [-0.1, -0.05) is 57.3 Å². The van der Waals surface area contributed by atoms with Gasteiger partial charge in [0, 0.05) is 13.1 Å². The van der Waals surface area contributed by atoms with Crippen LogP contribution in [0.15, 0.2) is 24.3 Å². The molecule has 0 aromatic heterocycles. The minimum absolute atomic E-state index is 0.0517. The van der Waals surface area contributed by atoms with Crippen LogP contribution >= 0.6 is 0 Å². The monoisotopic (exact) mass is 223 g/mol. The number of hydrogen-bond donors (Lipinski definition) is 1. The lowest BCUT2D eigenvalue weighted by molar-refractivity contribution is -0.116. The van der Waals surface area contributed by atoms with Crippen molar-refractivity contribution in [2.24, 2.45) is 0 Å². The molecule has 0 spiro atoms. The van der Waals surface area contributed by atoms with Crippen LogP contribution < -0.4 is 5.32 Å². The highest BCUT2D eigenvalue weighted by atomic mass is 16.1. The summed E-state index contributed by atoms with van der Waals surface area (Å²) in [6.07, 6.45) is 16.5. The molecule has 0 atom stereocenters. The molecule has 92 valence electrons. The molecule has 2 nitrogen and oxygen atoms in total. The Hall–Kier alpha value is -1.05. The Morgan fingerprint density at radius 2 is 1.75 bits per heavy atom. The molecular formula is C14H25NO. The van der Waals surface area contributed by atoms with Gasteiger partial charge in [0.15, 0.2) is 0 Å². The highest BCUT2D eigenvalue weighted by Crippen LogP contribution is 2.06. The zero-order chi connectivity index (χ0) is 12.1. The van der Waals surface area contributed by atoms with Crippen LogP contribution in [-0.4, -0.2) is 13.0 Å². The third-order valence-electron chi connectivity index (χ3n) is 2.47. The maximum Gasteiger partial charge on any atom is 0.243 e. The summed E-state index contributed by atoms with van der Waals surface area (Å²) in [5, 5.41) is 2.54. The van der Waals surface area contributed by atoms with E-state index >= 15 is 0 Å². The summed E-state index contributed by atoms with van der Waals surface area (Å²) in [4.78, 5) is 10.8. The van der Waals surface area contributed by atoms with Crippen molar-refractivity contribution >= 4 is 5.91 Å². The number of hydrogen-bond acceptors (Lipinski definition) is 1. The first-order valence-corrected chi connectivity index (χ1v) is 6.36. The van der Waals surface area contributed by atoms with Crippen molar-refractivity contribution in [2.45, 2.75) is 51.9 Å². The Kier molecular flexibility index (Phi) is 11.2. The van der Waals surface area contributed by atoms with Gasteiger partial charge in [-0.3, -0.25) is 4.79 Å². The van der Waals surface area contributed by atoms with Gasteiger partial charge in [0.05, 0.1) is 0 Å². The van der Waals surface area contributed by atoms with E-state index in [2.05, 4.69) is 18.3 Å². The molecule has 0 saturated carbocycles. The number of unbranched alkanes of at least 4 members (excludes halogenated alkanes) is 6. The SMILES string of the molecule is CCCCCCCCC=CC=CC(=O)NC. The second-order valence-corrected chi connectivity index (χ2v) is 3.96. The Labute approximate surface area is 99.8 Å². The summed E-state index contributed by atoms with van der Waals surface area (Å²) in [5.74, 6) is -0.0517. The quantitative estimate of drug-likeness (QED) is 0.361. The van der Waals surface area contributed by atoms with Gasteiger partial charge in [0.2, 0.25) is 5.91 Å². The normalized spacial score (nSPS) is 11.4. The standard InChI is InChI=1S/C14H25NO/c1-3-4-5-6-7-8-9-10-11-12-13-14(16)15-2/h10-13H,3-9H2,1-2H3,(H,15,16). The van der Waals surface area contributed by atoms with Gasteiger partial charge < -0.3 is 5.32 Å². The van der Waals surface area contributed by atoms with E-state index in [0.29, 0.717) is 0 Å². The summed E-state index contributed by atoms with van der Waals surface area (Å²) < 4.78 is 0. The molecule has 0 heterocycles. The Bertz CT molecular complexity index is 219. The minimum atomic E-state index is -0.0517. The van der Waals surface area contributed by atoms with E-state index in [-0.39, 0.29) is 5.91 Å². The van der Waals surface area contributed by atoms with Gasteiger partial charge in [-0.2, -0.15) is 0 Å². The predicted molar refractivity (Wildman–Crippen MR) is 70.3 cm³/mol. The molecule has 0 radical (unpaired) electrons. The largest absolute Gasteiger partial charge is 0.356 e. The maximum atomic E-state index is 10.8. The second kappa shape index (κ2) is 12.0. The molecule has 0 bridgehead atoms. The fourth-order valence-electron chi connectivity index (χ4n) is 1.44. The van der Waals surface area contributed by atoms with E-state index in [1.165, 1.54) is 44.6 Å². The van der Waals surface area contributed by atoms with Gasteiger partial charge in [-0.05, 0) is 12.8 Å². The zero-order valence-corrected chi connectivity index (χ0v) is 10.7. The average molecular weight is 223 g/mol. The number of amides is 1. The van der Waals surface area contributed by atoms with Crippen LogP contribution in [0, 0.1) is 0 Å². The first-order valence-electron chi connectivity index (χ1n) is 6.36. The van der Waals surface area contributed by atoms with Crippen LogP contribution in [0.5, 0.6) is 0 Å². The number of allylic oxidation sites excluding steroid dienone is 3. The average Bonchev–Trinajstić information content (AvgIpc) is 2.31. The molecule has 2 heteroatoms. The Morgan fingerprint density at radius 3 is 2.44 bits per heavy atom. The molecule has 1 N–H and O–H groups in total. The van der Waals surface area contributed by atoms with Crippen LogP contribution in [0.3, 0.4) is 0 Å². The van der Waals surface area contributed by atoms with E-state index in [1.807, 2.05) is 6.08 Å². The van der Waals surface area contributed by atoms with Crippen molar-refractivity contribution in [3.8, 4) is 0 Å². The summed E-state index contributed by atoms with van der Waals surface area (Å²) in [7, 11) is 1.63. The molecule has 0 aromatic carbocycles. The van der Waals surface area contributed by atoms with Crippen molar-refractivity contribution < 1.29 is 4.79 Å². The lowest BCUT2D eigenvalue weighted by Gasteiger charge is -1.97. The van der Waals surface area contributed by atoms with Crippen molar-refractivity contribution in [1.82, 2.24) is 5.32 Å². The number of carbonyl (C=O) groups is 1. The third kappa shape index (κ3) is 11.0. The van der Waals surface area contributed by atoms with E-state index in [1.54, 1.807) is 13.1 Å². The molecule has 16 heavy (non-hydrogen) atoms.